The third kappa shape index (κ3) is 6.19. The maximum absolute atomic E-state index is 15.4. The fraction of sp³-hybridized carbons (Fsp3) is 0.356. The number of amides is 3. The number of carbonyl (C=O) groups excluding carboxylic acids is 3. The quantitative estimate of drug-likeness (QED) is 0.136. The molecule has 9 heteroatoms. The van der Waals surface area contributed by atoms with E-state index in [2.05, 4.69) is 13.2 Å². The first-order valence-corrected chi connectivity index (χ1v) is 19.0. The molecule has 54 heavy (non-hydrogen) atoms. The summed E-state index contributed by atoms with van der Waals surface area (Å²) in [4.78, 5) is 50.8. The summed E-state index contributed by atoms with van der Waals surface area (Å²) in [5.41, 5.74) is -0.0471. The van der Waals surface area contributed by atoms with E-state index >= 15 is 14.4 Å². The molecule has 9 nitrogen and oxygen atoms in total. The smallest absolute Gasteiger partial charge is 0.253 e. The minimum atomic E-state index is -1.30. The van der Waals surface area contributed by atoms with Crippen LogP contribution in [-0.2, 0) is 25.5 Å². The molecule has 0 saturated carbocycles. The van der Waals surface area contributed by atoms with Crippen molar-refractivity contribution >= 4 is 39.9 Å². The Bertz CT molecular complexity index is 2030. The molecule has 0 aliphatic carbocycles. The largest absolute Gasteiger partial charge is 0.494 e. The zero-order valence-electron chi connectivity index (χ0n) is 31.1. The highest BCUT2D eigenvalue weighted by molar-refractivity contribution is 6.07. The topological polar surface area (TPSA) is 99.6 Å². The number of carbonyl (C=O) groups is 3. The predicted molar refractivity (Wildman–Crippen MR) is 211 cm³/mol. The standard InChI is InChI=1S/C45H49N3O6/c1-5-26-46(34-20-22-37(23-21-34)53-8-4)41(50)38-39-42(51)48(36(30-49)28-31-14-10-9-11-15-31)40(45(39)25-24-44(38,7-3)54-45)43(52)47(27-6-2)35-19-18-32-16-12-13-17-33(32)29-35/h5-6,9-23,29,36,38-40,49H,1-2,7-8,24-28,30H2,3-4H3/t36-,38+,39+,40?,44-,45?/m1/s1. The molecular formula is C45H49N3O6. The average Bonchev–Trinajstić information content (AvgIpc) is 3.81. The van der Waals surface area contributed by atoms with Crippen LogP contribution in [0, 0.1) is 11.8 Å². The van der Waals surface area contributed by atoms with Gasteiger partial charge in [-0.15, -0.1) is 13.2 Å². The molecule has 0 aromatic heterocycles. The Morgan fingerprint density at radius 1 is 0.889 bits per heavy atom. The maximum atomic E-state index is 15.4. The number of nitrogens with zero attached hydrogens (tertiary/aromatic N) is 3. The Morgan fingerprint density at radius 3 is 2.19 bits per heavy atom. The summed E-state index contributed by atoms with van der Waals surface area (Å²) in [7, 11) is 0. The van der Waals surface area contributed by atoms with Gasteiger partial charge in [0.1, 0.15) is 17.4 Å². The van der Waals surface area contributed by atoms with Crippen molar-refractivity contribution < 1.29 is 29.0 Å². The average molecular weight is 728 g/mol. The maximum Gasteiger partial charge on any atom is 0.253 e. The normalized spacial score (nSPS) is 24.6. The molecule has 3 aliphatic heterocycles. The lowest BCUT2D eigenvalue weighted by molar-refractivity contribution is -0.149. The number of anilines is 2. The molecule has 7 rings (SSSR count). The fourth-order valence-electron chi connectivity index (χ4n) is 9.29. The molecule has 3 fully saturated rings. The van der Waals surface area contributed by atoms with Gasteiger partial charge in [-0.25, -0.2) is 0 Å². The number of aliphatic hydroxyl groups excluding tert-OH is 1. The van der Waals surface area contributed by atoms with Crippen LogP contribution in [0.15, 0.2) is 122 Å². The van der Waals surface area contributed by atoms with Crippen molar-refractivity contribution in [2.75, 3.05) is 36.1 Å². The summed E-state index contributed by atoms with van der Waals surface area (Å²) >= 11 is 0. The van der Waals surface area contributed by atoms with Crippen molar-refractivity contribution in [2.45, 2.75) is 62.8 Å². The van der Waals surface area contributed by atoms with Gasteiger partial charge < -0.3 is 29.3 Å². The molecule has 3 heterocycles. The van der Waals surface area contributed by atoms with Gasteiger partial charge in [0, 0.05) is 24.5 Å². The van der Waals surface area contributed by atoms with Crippen LogP contribution in [0.5, 0.6) is 5.75 Å². The Hall–Kier alpha value is -5.25. The van der Waals surface area contributed by atoms with Gasteiger partial charge in [-0.05, 0) is 85.3 Å². The molecule has 4 aromatic rings. The Kier molecular flexibility index (Phi) is 10.5. The highest BCUT2D eigenvalue weighted by atomic mass is 16.5. The van der Waals surface area contributed by atoms with Crippen LogP contribution in [0.4, 0.5) is 11.4 Å². The van der Waals surface area contributed by atoms with Crippen LogP contribution in [0.2, 0.25) is 0 Å². The fourth-order valence-corrected chi connectivity index (χ4v) is 9.29. The third-order valence-electron chi connectivity index (χ3n) is 11.7. The molecule has 0 radical (unpaired) electrons. The van der Waals surface area contributed by atoms with Crippen LogP contribution >= 0.6 is 0 Å². The van der Waals surface area contributed by atoms with E-state index in [1.54, 1.807) is 26.9 Å². The molecule has 2 bridgehead atoms. The van der Waals surface area contributed by atoms with E-state index in [1.165, 1.54) is 0 Å². The lowest BCUT2D eigenvalue weighted by atomic mass is 9.64. The summed E-state index contributed by atoms with van der Waals surface area (Å²) in [6.45, 7) is 12.4. The monoisotopic (exact) mass is 727 g/mol. The van der Waals surface area contributed by atoms with Crippen LogP contribution in [0.3, 0.4) is 0 Å². The minimum absolute atomic E-state index is 0.186. The zero-order chi connectivity index (χ0) is 38.0. The first-order chi connectivity index (χ1) is 26.2. The van der Waals surface area contributed by atoms with E-state index in [4.69, 9.17) is 9.47 Å². The highest BCUT2D eigenvalue weighted by Crippen LogP contribution is 2.65. The van der Waals surface area contributed by atoms with Crippen molar-refractivity contribution in [1.29, 1.82) is 0 Å². The van der Waals surface area contributed by atoms with Crippen molar-refractivity contribution in [3.05, 3.63) is 128 Å². The van der Waals surface area contributed by atoms with Crippen LogP contribution in [0.1, 0.15) is 38.7 Å². The van der Waals surface area contributed by atoms with Gasteiger partial charge in [-0.3, -0.25) is 14.4 Å². The zero-order valence-corrected chi connectivity index (χ0v) is 31.1. The van der Waals surface area contributed by atoms with E-state index in [0.29, 0.717) is 49.4 Å². The van der Waals surface area contributed by atoms with Crippen molar-refractivity contribution in [3.8, 4) is 5.75 Å². The number of benzene rings is 4. The van der Waals surface area contributed by atoms with E-state index in [1.807, 2.05) is 111 Å². The van der Waals surface area contributed by atoms with Gasteiger partial charge in [-0.2, -0.15) is 0 Å². The SMILES string of the molecule is C=CCN(C(=O)C1N([C@@H](CO)Cc2ccccc2)C(=O)[C@@H]2[C@@H](C(=O)N(CC=C)c3ccc(OCC)cc3)[C@@]3(CC)CCC12O3)c1ccc2ccccc2c1. The van der Waals surface area contributed by atoms with Crippen molar-refractivity contribution in [3.63, 3.8) is 0 Å². The van der Waals surface area contributed by atoms with E-state index in [9.17, 15) is 5.11 Å². The van der Waals surface area contributed by atoms with Gasteiger partial charge >= 0.3 is 0 Å². The molecule has 1 spiro atoms. The molecule has 6 atom stereocenters. The third-order valence-corrected chi connectivity index (χ3v) is 11.7. The highest BCUT2D eigenvalue weighted by Gasteiger charge is 2.79. The van der Waals surface area contributed by atoms with E-state index in [-0.39, 0.29) is 37.4 Å². The first-order valence-electron chi connectivity index (χ1n) is 19.0. The van der Waals surface area contributed by atoms with Crippen molar-refractivity contribution in [2.24, 2.45) is 11.8 Å². The molecule has 3 aliphatic rings. The van der Waals surface area contributed by atoms with Crippen LogP contribution < -0.4 is 14.5 Å². The molecule has 280 valence electrons. The van der Waals surface area contributed by atoms with Crippen LogP contribution in [0.25, 0.3) is 10.8 Å². The van der Waals surface area contributed by atoms with Gasteiger partial charge in [0.25, 0.3) is 5.91 Å². The van der Waals surface area contributed by atoms with Crippen LogP contribution in [-0.4, -0.2) is 77.3 Å². The summed E-state index contributed by atoms with van der Waals surface area (Å²) in [5, 5.41) is 13.0. The molecule has 4 aromatic carbocycles. The second-order valence-corrected chi connectivity index (χ2v) is 14.5. The number of aliphatic hydroxyl groups is 1. The Labute approximate surface area is 317 Å². The second kappa shape index (κ2) is 15.2. The minimum Gasteiger partial charge on any atom is -0.494 e. The van der Waals surface area contributed by atoms with E-state index < -0.39 is 35.1 Å². The van der Waals surface area contributed by atoms with Gasteiger partial charge in [0.05, 0.1) is 36.7 Å². The number of fused-ring (bicyclic) bond motifs is 2. The van der Waals surface area contributed by atoms with Gasteiger partial charge in [0.15, 0.2) is 0 Å². The Balaban J connectivity index is 1.35. The van der Waals surface area contributed by atoms with Gasteiger partial charge in [-0.1, -0.05) is 79.7 Å². The molecule has 2 unspecified atom stereocenters. The molecule has 3 saturated heterocycles. The molecule has 1 N–H and O–H groups in total. The summed E-state index contributed by atoms with van der Waals surface area (Å²) < 4.78 is 12.8. The van der Waals surface area contributed by atoms with E-state index in [0.717, 1.165) is 16.3 Å². The lowest BCUT2D eigenvalue weighted by Crippen LogP contribution is -2.59. The summed E-state index contributed by atoms with van der Waals surface area (Å²) in [5.74, 6) is -2.07. The molecule has 3 amide bonds. The Morgan fingerprint density at radius 2 is 1.54 bits per heavy atom. The summed E-state index contributed by atoms with van der Waals surface area (Å²) in [6.07, 6.45) is 5.07. The predicted octanol–water partition coefficient (Wildman–Crippen LogP) is 6.74. The number of hydrogen-bond donors (Lipinski definition) is 1. The first kappa shape index (κ1) is 37.1. The second-order valence-electron chi connectivity index (χ2n) is 14.5. The number of ether oxygens (including phenoxy) is 2. The summed E-state index contributed by atoms with van der Waals surface area (Å²) in [6, 6.07) is 28.9. The number of likely N-dealkylation sites (tertiary alicyclic amines) is 1. The van der Waals surface area contributed by atoms with Gasteiger partial charge in [0.2, 0.25) is 11.8 Å². The number of rotatable bonds is 15. The molecular weight excluding hydrogens is 679 g/mol. The lowest BCUT2D eigenvalue weighted by Gasteiger charge is -2.39. The van der Waals surface area contributed by atoms with Crippen molar-refractivity contribution in [1.82, 2.24) is 4.90 Å². The number of hydrogen-bond acceptors (Lipinski definition) is 6.